The van der Waals surface area contributed by atoms with Gasteiger partial charge in [0, 0.05) is 25.6 Å². The highest BCUT2D eigenvalue weighted by molar-refractivity contribution is 5.83. The van der Waals surface area contributed by atoms with Crippen LogP contribution in [-0.2, 0) is 11.3 Å². The van der Waals surface area contributed by atoms with E-state index in [0.717, 1.165) is 24.2 Å². The molecule has 1 aromatic carbocycles. The highest BCUT2D eigenvalue weighted by Gasteiger charge is 2.32. The van der Waals surface area contributed by atoms with Crippen molar-refractivity contribution in [2.75, 3.05) is 27.2 Å². The molecular weight excluding hydrogens is 330 g/mol. The average Bonchev–Trinajstić information content (AvgIpc) is 3.03. The lowest BCUT2D eigenvalue weighted by atomic mass is 9.94. The molecule has 1 amide bonds. The van der Waals surface area contributed by atoms with Crippen LogP contribution in [0.15, 0.2) is 35.1 Å². The van der Waals surface area contributed by atoms with Crippen LogP contribution in [-0.4, -0.2) is 57.7 Å². The Morgan fingerprint density at radius 3 is 2.50 bits per heavy atom. The molecule has 0 aliphatic carbocycles. The molecular formula is C19H27N5O2. The number of carbonyl (C=O) groups excluding carboxylic acids is 1. The summed E-state index contributed by atoms with van der Waals surface area (Å²) in [6, 6.07) is 9.62. The number of hydrogen-bond acceptors (Lipinski definition) is 4. The minimum absolute atomic E-state index is 0.134. The van der Waals surface area contributed by atoms with Gasteiger partial charge in [-0.15, -0.1) is 0 Å². The molecule has 1 fully saturated rings. The van der Waals surface area contributed by atoms with Crippen LogP contribution in [0.2, 0.25) is 0 Å². The number of nitrogens with one attached hydrogen (secondary N) is 1. The molecule has 7 nitrogen and oxygen atoms in total. The number of hydrogen-bond donors (Lipinski definition) is 1. The Balaban J connectivity index is 1.70. The van der Waals surface area contributed by atoms with Crippen molar-refractivity contribution in [2.24, 2.45) is 0 Å². The van der Waals surface area contributed by atoms with Crippen LogP contribution in [0.25, 0.3) is 0 Å². The van der Waals surface area contributed by atoms with E-state index in [1.165, 1.54) is 0 Å². The zero-order valence-electron chi connectivity index (χ0n) is 15.7. The van der Waals surface area contributed by atoms with E-state index < -0.39 is 0 Å². The topological polar surface area (TPSA) is 74.2 Å². The molecule has 2 aromatic rings. The van der Waals surface area contributed by atoms with Gasteiger partial charge in [-0.3, -0.25) is 14.3 Å². The first kappa shape index (κ1) is 18.4. The first-order valence-electron chi connectivity index (χ1n) is 9.18. The molecule has 140 valence electrons. The third-order valence-electron chi connectivity index (χ3n) is 5.14. The fraction of sp³-hybridized carbons (Fsp3) is 0.526. The molecule has 0 bridgehead atoms. The smallest absolute Gasteiger partial charge is 0.341 e. The number of carbonyl (C=O) groups is 1. The quantitative estimate of drug-likeness (QED) is 0.882. The van der Waals surface area contributed by atoms with Crippen molar-refractivity contribution in [1.29, 1.82) is 0 Å². The van der Waals surface area contributed by atoms with Crippen molar-refractivity contribution in [3.63, 3.8) is 0 Å². The normalized spacial score (nSPS) is 16.8. The second kappa shape index (κ2) is 7.86. The minimum atomic E-state index is -0.271. The summed E-state index contributed by atoms with van der Waals surface area (Å²) >= 11 is 0. The van der Waals surface area contributed by atoms with E-state index in [2.05, 4.69) is 10.2 Å². The van der Waals surface area contributed by atoms with E-state index in [9.17, 15) is 9.59 Å². The number of rotatable bonds is 5. The van der Waals surface area contributed by atoms with Gasteiger partial charge < -0.3 is 4.90 Å². The number of piperidine rings is 1. The minimum Gasteiger partial charge on any atom is -0.341 e. The van der Waals surface area contributed by atoms with Crippen molar-refractivity contribution in [2.45, 2.75) is 38.3 Å². The molecule has 0 saturated carbocycles. The van der Waals surface area contributed by atoms with Crippen molar-refractivity contribution in [3.8, 4) is 0 Å². The molecule has 1 aromatic heterocycles. The van der Waals surface area contributed by atoms with Gasteiger partial charge in [-0.2, -0.15) is 5.10 Å². The SMILES string of the molecule is CCn1c(C2CCN(C(=O)C(c3ccccc3)N(C)C)CC2)n[nH]c1=O. The second-order valence-corrected chi connectivity index (χ2v) is 7.01. The lowest BCUT2D eigenvalue weighted by molar-refractivity contribution is -0.137. The lowest BCUT2D eigenvalue weighted by Crippen LogP contribution is -2.44. The summed E-state index contributed by atoms with van der Waals surface area (Å²) in [5.74, 6) is 1.17. The maximum absolute atomic E-state index is 13.1. The number of aromatic nitrogens is 3. The third kappa shape index (κ3) is 3.58. The predicted molar refractivity (Wildman–Crippen MR) is 99.9 cm³/mol. The highest BCUT2D eigenvalue weighted by Crippen LogP contribution is 2.29. The molecule has 7 heteroatoms. The summed E-state index contributed by atoms with van der Waals surface area (Å²) in [4.78, 5) is 28.8. The summed E-state index contributed by atoms with van der Waals surface area (Å²) in [7, 11) is 3.87. The molecule has 1 aliphatic rings. The van der Waals surface area contributed by atoms with Crippen LogP contribution in [0.5, 0.6) is 0 Å². The summed E-state index contributed by atoms with van der Waals surface area (Å²) < 4.78 is 1.69. The highest BCUT2D eigenvalue weighted by atomic mass is 16.2. The maximum Gasteiger partial charge on any atom is 0.343 e. The van der Waals surface area contributed by atoms with Crippen molar-refractivity contribution in [3.05, 3.63) is 52.2 Å². The van der Waals surface area contributed by atoms with Crippen molar-refractivity contribution in [1.82, 2.24) is 24.6 Å². The van der Waals surface area contributed by atoms with Gasteiger partial charge in [-0.05, 0) is 39.4 Å². The van der Waals surface area contributed by atoms with Crippen LogP contribution in [0.3, 0.4) is 0 Å². The summed E-state index contributed by atoms with van der Waals surface area (Å²) in [6.45, 7) is 3.93. The van der Waals surface area contributed by atoms with Gasteiger partial charge in [-0.1, -0.05) is 30.3 Å². The monoisotopic (exact) mass is 357 g/mol. The van der Waals surface area contributed by atoms with Crippen LogP contribution < -0.4 is 5.69 Å². The van der Waals surface area contributed by atoms with Crippen LogP contribution in [0.1, 0.15) is 43.1 Å². The Bertz CT molecular complexity index is 788. The zero-order valence-corrected chi connectivity index (χ0v) is 15.7. The van der Waals surface area contributed by atoms with Gasteiger partial charge in [-0.25, -0.2) is 9.89 Å². The molecule has 3 rings (SSSR count). The van der Waals surface area contributed by atoms with Crippen LogP contribution >= 0.6 is 0 Å². The zero-order chi connectivity index (χ0) is 18.7. The second-order valence-electron chi connectivity index (χ2n) is 7.01. The van der Waals surface area contributed by atoms with Crippen LogP contribution in [0, 0.1) is 0 Å². The van der Waals surface area contributed by atoms with E-state index in [-0.39, 0.29) is 23.6 Å². The molecule has 0 radical (unpaired) electrons. The Kier molecular flexibility index (Phi) is 5.56. The van der Waals surface area contributed by atoms with E-state index in [1.54, 1.807) is 4.57 Å². The molecule has 1 atom stereocenters. The molecule has 2 heterocycles. The number of H-pyrrole nitrogens is 1. The summed E-state index contributed by atoms with van der Waals surface area (Å²) in [5.41, 5.74) is 0.856. The number of likely N-dealkylation sites (tertiary alicyclic amines) is 1. The standard InChI is InChI=1S/C19H27N5O2/c1-4-24-17(20-21-19(24)26)15-10-12-23(13-11-15)18(25)16(22(2)3)14-8-6-5-7-9-14/h5-9,15-16H,4,10-13H2,1-3H3,(H,21,26). The fourth-order valence-electron chi connectivity index (χ4n) is 3.78. The van der Waals surface area contributed by atoms with Crippen molar-refractivity contribution < 1.29 is 4.79 Å². The maximum atomic E-state index is 13.1. The number of aromatic amines is 1. The molecule has 1 N–H and O–H groups in total. The third-order valence-corrected chi connectivity index (χ3v) is 5.14. The van der Waals surface area contributed by atoms with Gasteiger partial charge in [0.15, 0.2) is 0 Å². The van der Waals surface area contributed by atoms with Crippen molar-refractivity contribution >= 4 is 5.91 Å². The van der Waals surface area contributed by atoms with E-state index >= 15 is 0 Å². The number of amides is 1. The Morgan fingerprint density at radius 2 is 1.92 bits per heavy atom. The van der Waals surface area contributed by atoms with Gasteiger partial charge in [0.1, 0.15) is 11.9 Å². The first-order valence-corrected chi connectivity index (χ1v) is 9.18. The number of likely N-dealkylation sites (N-methyl/N-ethyl adjacent to an activating group) is 1. The molecule has 1 saturated heterocycles. The summed E-state index contributed by atoms with van der Waals surface area (Å²) in [6.07, 6.45) is 1.65. The van der Waals surface area contributed by atoms with Gasteiger partial charge >= 0.3 is 5.69 Å². The lowest BCUT2D eigenvalue weighted by Gasteiger charge is -2.35. The van der Waals surface area contributed by atoms with E-state index in [0.29, 0.717) is 19.6 Å². The number of benzene rings is 1. The number of nitrogens with zero attached hydrogens (tertiary/aromatic N) is 4. The molecule has 26 heavy (non-hydrogen) atoms. The molecule has 1 unspecified atom stereocenters. The molecule has 1 aliphatic heterocycles. The van der Waals surface area contributed by atoms with Gasteiger partial charge in [0.25, 0.3) is 0 Å². The average molecular weight is 357 g/mol. The Morgan fingerprint density at radius 1 is 1.27 bits per heavy atom. The summed E-state index contributed by atoms with van der Waals surface area (Å²) in [5, 5.41) is 6.75. The van der Waals surface area contributed by atoms with Gasteiger partial charge in [0.05, 0.1) is 0 Å². The molecule has 0 spiro atoms. The van der Waals surface area contributed by atoms with E-state index in [4.69, 9.17) is 0 Å². The van der Waals surface area contributed by atoms with Crippen LogP contribution in [0.4, 0.5) is 0 Å². The predicted octanol–water partition coefficient (Wildman–Crippen LogP) is 1.60. The Hall–Kier alpha value is -2.41. The Labute approximate surface area is 153 Å². The fourth-order valence-corrected chi connectivity index (χ4v) is 3.78. The largest absolute Gasteiger partial charge is 0.343 e. The van der Waals surface area contributed by atoms with E-state index in [1.807, 2.05) is 61.2 Å². The van der Waals surface area contributed by atoms with Gasteiger partial charge in [0.2, 0.25) is 5.91 Å². The first-order chi connectivity index (χ1) is 12.5.